The van der Waals surface area contributed by atoms with E-state index in [1.54, 1.807) is 54.6 Å². The van der Waals surface area contributed by atoms with Crippen molar-refractivity contribution in [2.45, 2.75) is 0 Å². The zero-order valence-corrected chi connectivity index (χ0v) is 16.4. The fraction of sp³-hybridized carbons (Fsp3) is 0.111. The maximum absolute atomic E-state index is 11.2. The third-order valence-corrected chi connectivity index (χ3v) is 3.85. The summed E-state index contributed by atoms with van der Waals surface area (Å²) in [5.41, 5.74) is 1.08. The standard InChI is InChI=1S/C9H8O3S.C7H5ClO.C2H4O2S/c10-8(11)6-13-9(12)7-4-2-1-3-5-7;8-7(9)6-4-2-1-3-5-6;3-2(4)1-5/h1-5H,6H2,(H,10,11);1-5H;5H,1H2,(H,3,4). The van der Waals surface area contributed by atoms with Crippen molar-refractivity contribution in [1.82, 2.24) is 0 Å². The first kappa shape index (κ1) is 24.7. The summed E-state index contributed by atoms with van der Waals surface area (Å²) < 4.78 is 0. The molecule has 0 heterocycles. The van der Waals surface area contributed by atoms with Crippen LogP contribution in [0.25, 0.3) is 0 Å². The van der Waals surface area contributed by atoms with Crippen LogP contribution in [0.3, 0.4) is 0 Å². The first-order valence-corrected chi connectivity index (χ1v) is 9.29. The van der Waals surface area contributed by atoms with Crippen molar-refractivity contribution in [3.8, 4) is 0 Å². The molecule has 0 saturated heterocycles. The molecule has 6 nitrogen and oxygen atoms in total. The Hall–Kier alpha value is -2.29. The summed E-state index contributed by atoms with van der Waals surface area (Å²) in [5, 5.41) is 15.4. The fourth-order valence-corrected chi connectivity index (χ4v) is 2.04. The molecular weight excluding hydrogens is 412 g/mol. The summed E-state index contributed by atoms with van der Waals surface area (Å²) in [7, 11) is 0. The lowest BCUT2D eigenvalue weighted by Gasteiger charge is -1.96. The van der Waals surface area contributed by atoms with Gasteiger partial charge in [0.15, 0.2) is 0 Å². The maximum Gasteiger partial charge on any atom is 0.313 e. The van der Waals surface area contributed by atoms with Crippen LogP contribution in [-0.4, -0.2) is 44.0 Å². The molecule has 0 saturated carbocycles. The van der Waals surface area contributed by atoms with E-state index >= 15 is 0 Å². The zero-order chi connectivity index (χ0) is 20.7. The van der Waals surface area contributed by atoms with E-state index in [-0.39, 0.29) is 16.6 Å². The van der Waals surface area contributed by atoms with Crippen molar-refractivity contribution in [3.63, 3.8) is 0 Å². The molecule has 2 aromatic rings. The summed E-state index contributed by atoms with van der Waals surface area (Å²) in [5.74, 6) is -2.13. The summed E-state index contributed by atoms with van der Waals surface area (Å²) in [4.78, 5) is 41.1. The number of thioether (sulfide) groups is 1. The number of hydrogen-bond acceptors (Lipinski definition) is 6. The van der Waals surface area contributed by atoms with Gasteiger partial charge in [-0.1, -0.05) is 72.4 Å². The van der Waals surface area contributed by atoms with Crippen LogP contribution in [0.15, 0.2) is 60.7 Å². The van der Waals surface area contributed by atoms with Gasteiger partial charge >= 0.3 is 11.9 Å². The normalized spacial score (nSPS) is 8.96. The van der Waals surface area contributed by atoms with Crippen molar-refractivity contribution in [2.24, 2.45) is 0 Å². The minimum atomic E-state index is -0.978. The number of carboxylic acid groups (broad SMARTS) is 2. The van der Waals surface area contributed by atoms with Gasteiger partial charge in [0.2, 0.25) is 5.12 Å². The number of hydrogen-bond donors (Lipinski definition) is 3. The number of halogens is 1. The van der Waals surface area contributed by atoms with Gasteiger partial charge in [0, 0.05) is 11.1 Å². The Kier molecular flexibility index (Phi) is 13.6. The predicted octanol–water partition coefficient (Wildman–Crippen LogP) is 3.71. The molecule has 0 aromatic heterocycles. The second kappa shape index (κ2) is 14.8. The molecule has 0 fully saturated rings. The Morgan fingerprint density at radius 1 is 0.815 bits per heavy atom. The van der Waals surface area contributed by atoms with E-state index in [9.17, 15) is 19.2 Å². The SMILES string of the molecule is O=C(Cl)c1ccccc1.O=C(O)CS.O=C(O)CSC(=O)c1ccccc1. The Balaban J connectivity index is 0.000000419. The van der Waals surface area contributed by atoms with Gasteiger partial charge < -0.3 is 10.2 Å². The Bertz CT molecular complexity index is 738. The first-order valence-electron chi connectivity index (χ1n) is 7.29. The largest absolute Gasteiger partial charge is 0.481 e. The highest BCUT2D eigenvalue weighted by Crippen LogP contribution is 2.11. The Labute approximate surface area is 171 Å². The fourth-order valence-electron chi connectivity index (χ4n) is 1.35. The highest BCUT2D eigenvalue weighted by Gasteiger charge is 2.07. The zero-order valence-electron chi connectivity index (χ0n) is 13.9. The molecule has 0 atom stereocenters. The smallest absolute Gasteiger partial charge is 0.313 e. The van der Waals surface area contributed by atoms with Crippen LogP contribution in [0.5, 0.6) is 0 Å². The lowest BCUT2D eigenvalue weighted by molar-refractivity contribution is -0.134. The van der Waals surface area contributed by atoms with Gasteiger partial charge in [-0.25, -0.2) is 0 Å². The van der Waals surface area contributed by atoms with E-state index in [0.717, 1.165) is 11.8 Å². The molecule has 0 unspecified atom stereocenters. The number of aliphatic carboxylic acids is 2. The molecule has 0 spiro atoms. The third kappa shape index (κ3) is 13.6. The second-order valence-electron chi connectivity index (χ2n) is 4.53. The van der Waals surface area contributed by atoms with Gasteiger partial charge in [0.25, 0.3) is 5.24 Å². The summed E-state index contributed by atoms with van der Waals surface area (Å²) in [6, 6.07) is 17.4. The molecule has 2 aromatic carbocycles. The van der Waals surface area contributed by atoms with Gasteiger partial charge in [-0.3, -0.25) is 19.2 Å². The molecule has 0 aliphatic heterocycles. The molecule has 2 N–H and O–H groups in total. The number of carbonyl (C=O) groups excluding carboxylic acids is 2. The molecule has 27 heavy (non-hydrogen) atoms. The van der Waals surface area contributed by atoms with Crippen molar-refractivity contribution in [2.75, 3.05) is 11.5 Å². The van der Waals surface area contributed by atoms with Gasteiger partial charge in [0.1, 0.15) is 0 Å². The second-order valence-corrected chi connectivity index (χ2v) is 6.14. The van der Waals surface area contributed by atoms with Crippen molar-refractivity contribution < 1.29 is 29.4 Å². The summed E-state index contributed by atoms with van der Waals surface area (Å²) in [6.45, 7) is 0. The molecule has 0 radical (unpaired) electrons. The molecule has 144 valence electrons. The average Bonchev–Trinajstić information content (AvgIpc) is 2.68. The van der Waals surface area contributed by atoms with Crippen LogP contribution in [0, 0.1) is 0 Å². The van der Waals surface area contributed by atoms with Crippen LogP contribution < -0.4 is 0 Å². The van der Waals surface area contributed by atoms with E-state index < -0.39 is 17.2 Å². The minimum Gasteiger partial charge on any atom is -0.481 e. The Morgan fingerprint density at radius 2 is 1.22 bits per heavy atom. The van der Waals surface area contributed by atoms with Gasteiger partial charge in [-0.05, 0) is 11.6 Å². The molecule has 0 amide bonds. The van der Waals surface area contributed by atoms with Gasteiger partial charge in [-0.2, -0.15) is 12.6 Å². The molecule has 2 rings (SSSR count). The number of benzene rings is 2. The number of thiol groups is 1. The average molecular weight is 429 g/mol. The van der Waals surface area contributed by atoms with Gasteiger partial charge in [-0.15, -0.1) is 0 Å². The molecular formula is C18H17ClO6S2. The quantitative estimate of drug-likeness (QED) is 0.492. The Morgan fingerprint density at radius 3 is 1.52 bits per heavy atom. The summed E-state index contributed by atoms with van der Waals surface area (Å²) in [6.07, 6.45) is 0. The monoisotopic (exact) mass is 428 g/mol. The minimum absolute atomic E-state index is 0.0833. The summed E-state index contributed by atoms with van der Waals surface area (Å²) >= 11 is 9.38. The van der Waals surface area contributed by atoms with E-state index in [0.29, 0.717) is 11.1 Å². The van der Waals surface area contributed by atoms with Crippen LogP contribution in [0.4, 0.5) is 0 Å². The van der Waals surface area contributed by atoms with Crippen LogP contribution >= 0.6 is 36.0 Å². The van der Waals surface area contributed by atoms with Crippen molar-refractivity contribution in [1.29, 1.82) is 0 Å². The number of carboxylic acids is 2. The van der Waals surface area contributed by atoms with Crippen LogP contribution in [0.1, 0.15) is 20.7 Å². The third-order valence-electron chi connectivity index (χ3n) is 2.47. The number of rotatable bonds is 5. The molecule has 0 bridgehead atoms. The highest BCUT2D eigenvalue weighted by molar-refractivity contribution is 8.14. The van der Waals surface area contributed by atoms with Gasteiger partial charge in [0.05, 0.1) is 11.5 Å². The van der Waals surface area contributed by atoms with Crippen molar-refractivity contribution in [3.05, 3.63) is 71.8 Å². The number of carbonyl (C=O) groups is 4. The topological polar surface area (TPSA) is 109 Å². The molecule has 9 heteroatoms. The highest BCUT2D eigenvalue weighted by atomic mass is 35.5. The van der Waals surface area contributed by atoms with Crippen molar-refractivity contribution >= 4 is 58.3 Å². The lowest BCUT2D eigenvalue weighted by Crippen LogP contribution is -2.02. The molecule has 0 aliphatic carbocycles. The molecule has 0 aliphatic rings. The lowest BCUT2D eigenvalue weighted by atomic mass is 10.2. The van der Waals surface area contributed by atoms with E-state index in [1.807, 2.05) is 6.07 Å². The first-order chi connectivity index (χ1) is 12.8. The maximum atomic E-state index is 11.2. The van der Waals surface area contributed by atoms with E-state index in [4.69, 9.17) is 21.8 Å². The predicted molar refractivity (Wildman–Crippen MR) is 109 cm³/mol. The van der Waals surface area contributed by atoms with E-state index in [2.05, 4.69) is 12.6 Å². The van der Waals surface area contributed by atoms with Crippen LogP contribution in [0.2, 0.25) is 0 Å². The van der Waals surface area contributed by atoms with E-state index in [1.165, 1.54) is 0 Å². The van der Waals surface area contributed by atoms with Crippen LogP contribution in [-0.2, 0) is 9.59 Å².